The fraction of sp³-hybridized carbons (Fsp3) is 0.273. The van der Waals surface area contributed by atoms with Crippen LogP contribution in [-0.2, 0) is 14.3 Å². The first-order valence-corrected chi connectivity index (χ1v) is 9.89. The van der Waals surface area contributed by atoms with Crippen LogP contribution in [0.15, 0.2) is 47.6 Å². The molecule has 0 saturated heterocycles. The maximum absolute atomic E-state index is 12.2. The first-order valence-electron chi connectivity index (χ1n) is 9.89. The van der Waals surface area contributed by atoms with E-state index in [1.807, 2.05) is 0 Å². The molecule has 0 aliphatic carbocycles. The summed E-state index contributed by atoms with van der Waals surface area (Å²) in [5, 5.41) is 6.36. The van der Waals surface area contributed by atoms with Gasteiger partial charge in [0.2, 0.25) is 6.79 Å². The number of ether oxygens (including phenoxy) is 4. The number of hydrogen-bond acceptors (Lipinski definition) is 8. The molecule has 1 heterocycles. The van der Waals surface area contributed by atoms with E-state index in [-0.39, 0.29) is 19.9 Å². The molecule has 10 heteroatoms. The van der Waals surface area contributed by atoms with Crippen molar-refractivity contribution >= 4 is 24.0 Å². The zero-order chi connectivity index (χ0) is 22.9. The summed E-state index contributed by atoms with van der Waals surface area (Å²) >= 11 is 0. The highest BCUT2D eigenvalue weighted by Gasteiger charge is 2.17. The summed E-state index contributed by atoms with van der Waals surface area (Å²) < 4.78 is 20.8. The molecule has 32 heavy (non-hydrogen) atoms. The van der Waals surface area contributed by atoms with Gasteiger partial charge in [0.1, 0.15) is 5.75 Å². The van der Waals surface area contributed by atoms with Crippen molar-refractivity contribution in [1.29, 1.82) is 0 Å². The Labute approximate surface area is 184 Å². The number of nitrogens with zero attached hydrogens (tertiary/aromatic N) is 1. The van der Waals surface area contributed by atoms with Gasteiger partial charge in [-0.1, -0.05) is 0 Å². The molecule has 1 atom stereocenters. The van der Waals surface area contributed by atoms with Crippen molar-refractivity contribution in [2.45, 2.75) is 20.0 Å². The van der Waals surface area contributed by atoms with E-state index >= 15 is 0 Å². The summed E-state index contributed by atoms with van der Waals surface area (Å²) in [7, 11) is 0. The molecule has 10 nitrogen and oxygen atoms in total. The van der Waals surface area contributed by atoms with Crippen LogP contribution >= 0.6 is 0 Å². The smallest absolute Gasteiger partial charge is 0.347 e. The second kappa shape index (κ2) is 10.8. The van der Waals surface area contributed by atoms with Crippen molar-refractivity contribution in [3.05, 3.63) is 53.6 Å². The highest BCUT2D eigenvalue weighted by molar-refractivity contribution is 5.97. The molecule has 0 radical (unpaired) electrons. The van der Waals surface area contributed by atoms with E-state index in [2.05, 4.69) is 15.8 Å². The summed E-state index contributed by atoms with van der Waals surface area (Å²) in [6, 6.07) is 11.5. The molecule has 2 amide bonds. The van der Waals surface area contributed by atoms with Crippen LogP contribution in [0, 0.1) is 0 Å². The lowest BCUT2D eigenvalue weighted by Crippen LogP contribution is -2.34. The zero-order valence-corrected chi connectivity index (χ0v) is 17.6. The van der Waals surface area contributed by atoms with Gasteiger partial charge in [0, 0.05) is 5.56 Å². The molecular formula is C22H23N3O7. The maximum Gasteiger partial charge on any atom is 0.347 e. The molecule has 2 N–H and O–H groups in total. The molecule has 3 rings (SSSR count). The number of rotatable bonds is 9. The fourth-order valence-electron chi connectivity index (χ4n) is 2.66. The van der Waals surface area contributed by atoms with Gasteiger partial charge >= 0.3 is 5.97 Å². The highest BCUT2D eigenvalue weighted by atomic mass is 16.7. The van der Waals surface area contributed by atoms with Gasteiger partial charge in [-0.25, -0.2) is 10.2 Å². The molecule has 2 aromatic carbocycles. The standard InChI is InChI=1S/C22H23N3O7/c1-3-29-22(28)14(2)32-17-7-4-15(5-8-17)11-24-25-20(26)12-23-21(27)16-6-9-18-19(10-16)31-13-30-18/h4-11,14H,3,12-13H2,1-2H3,(H,23,27)(H,25,26). The van der Waals surface area contributed by atoms with Gasteiger partial charge in [-0.05, 0) is 61.9 Å². The maximum atomic E-state index is 12.2. The lowest BCUT2D eigenvalue weighted by Gasteiger charge is -2.13. The largest absolute Gasteiger partial charge is 0.479 e. The molecule has 0 aromatic heterocycles. The van der Waals surface area contributed by atoms with Gasteiger partial charge in [-0.15, -0.1) is 0 Å². The quantitative estimate of drug-likeness (QED) is 0.344. The first-order chi connectivity index (χ1) is 15.5. The number of esters is 1. The monoisotopic (exact) mass is 441 g/mol. The zero-order valence-electron chi connectivity index (χ0n) is 17.6. The molecule has 1 aliphatic rings. The van der Waals surface area contributed by atoms with Gasteiger partial charge in [0.25, 0.3) is 11.8 Å². The van der Waals surface area contributed by atoms with Crippen molar-refractivity contribution in [3.8, 4) is 17.2 Å². The van der Waals surface area contributed by atoms with Gasteiger partial charge in [-0.2, -0.15) is 5.10 Å². The minimum Gasteiger partial charge on any atom is -0.479 e. The molecular weight excluding hydrogens is 418 g/mol. The van der Waals surface area contributed by atoms with Crippen LogP contribution < -0.4 is 25.0 Å². The minimum atomic E-state index is -0.721. The van der Waals surface area contributed by atoms with Gasteiger partial charge in [-0.3, -0.25) is 9.59 Å². The second-order valence-corrected chi connectivity index (χ2v) is 6.63. The number of fused-ring (bicyclic) bond motifs is 1. The van der Waals surface area contributed by atoms with Crippen molar-refractivity contribution < 1.29 is 33.3 Å². The normalized spacial score (nSPS) is 12.8. The van der Waals surface area contributed by atoms with Crippen LogP contribution in [0.5, 0.6) is 17.2 Å². The summed E-state index contributed by atoms with van der Waals surface area (Å²) in [6.07, 6.45) is 0.720. The number of nitrogens with one attached hydrogen (secondary N) is 2. The Bertz CT molecular complexity index is 1010. The van der Waals surface area contributed by atoms with Crippen molar-refractivity contribution in [3.63, 3.8) is 0 Å². The van der Waals surface area contributed by atoms with Crippen LogP contribution in [0.1, 0.15) is 29.8 Å². The third kappa shape index (κ3) is 6.21. The van der Waals surface area contributed by atoms with E-state index in [1.165, 1.54) is 6.21 Å². The van der Waals surface area contributed by atoms with Crippen LogP contribution in [0.2, 0.25) is 0 Å². The van der Waals surface area contributed by atoms with Crippen LogP contribution in [0.3, 0.4) is 0 Å². The second-order valence-electron chi connectivity index (χ2n) is 6.63. The van der Waals surface area contributed by atoms with Gasteiger partial charge < -0.3 is 24.3 Å². The summed E-state index contributed by atoms with van der Waals surface area (Å²) in [5.41, 5.74) is 3.39. The Morgan fingerprint density at radius 2 is 1.88 bits per heavy atom. The minimum absolute atomic E-state index is 0.114. The first kappa shape index (κ1) is 22.6. The van der Waals surface area contributed by atoms with Crippen molar-refractivity contribution in [1.82, 2.24) is 10.7 Å². The molecule has 1 unspecified atom stereocenters. The van der Waals surface area contributed by atoms with Crippen molar-refractivity contribution in [2.75, 3.05) is 19.9 Å². The SMILES string of the molecule is CCOC(=O)C(C)Oc1ccc(C=NNC(=O)CNC(=O)c2ccc3c(c2)OCO3)cc1. The number of benzene rings is 2. The molecule has 2 aromatic rings. The average Bonchev–Trinajstić information content (AvgIpc) is 3.26. The van der Waals surface area contributed by atoms with E-state index in [0.717, 1.165) is 0 Å². The number of hydrazone groups is 1. The molecule has 0 bridgehead atoms. The average molecular weight is 441 g/mol. The summed E-state index contributed by atoms with van der Waals surface area (Å²) in [5.74, 6) is 0.207. The summed E-state index contributed by atoms with van der Waals surface area (Å²) in [6.45, 7) is 3.49. The van der Waals surface area contributed by atoms with E-state index in [4.69, 9.17) is 18.9 Å². The Morgan fingerprint density at radius 3 is 2.62 bits per heavy atom. The molecule has 0 fully saturated rings. The van der Waals surface area contributed by atoms with Gasteiger partial charge in [0.15, 0.2) is 17.6 Å². The van der Waals surface area contributed by atoms with E-state index in [1.54, 1.807) is 56.3 Å². The fourth-order valence-corrected chi connectivity index (χ4v) is 2.66. The Kier molecular flexibility index (Phi) is 7.63. The molecule has 168 valence electrons. The van der Waals surface area contributed by atoms with E-state index in [0.29, 0.717) is 28.4 Å². The Balaban J connectivity index is 1.42. The Hall–Kier alpha value is -4.08. The van der Waals surface area contributed by atoms with Crippen LogP contribution in [0.25, 0.3) is 0 Å². The molecule has 1 aliphatic heterocycles. The van der Waals surface area contributed by atoms with E-state index in [9.17, 15) is 14.4 Å². The predicted molar refractivity (Wildman–Crippen MR) is 114 cm³/mol. The van der Waals surface area contributed by atoms with Crippen LogP contribution in [0.4, 0.5) is 0 Å². The lowest BCUT2D eigenvalue weighted by atomic mass is 10.2. The number of carbonyl (C=O) groups excluding carboxylic acids is 3. The summed E-state index contributed by atoms with van der Waals surface area (Å²) in [4.78, 5) is 35.7. The number of amides is 2. The van der Waals surface area contributed by atoms with Crippen LogP contribution in [-0.4, -0.2) is 50.0 Å². The molecule has 0 saturated carbocycles. The number of carbonyl (C=O) groups is 3. The van der Waals surface area contributed by atoms with Crippen molar-refractivity contribution in [2.24, 2.45) is 5.10 Å². The third-order valence-electron chi connectivity index (χ3n) is 4.26. The molecule has 0 spiro atoms. The topological polar surface area (TPSA) is 125 Å². The van der Waals surface area contributed by atoms with Gasteiger partial charge in [0.05, 0.1) is 19.4 Å². The predicted octanol–water partition coefficient (Wildman–Crippen LogP) is 1.63. The van der Waals surface area contributed by atoms with E-state index < -0.39 is 23.9 Å². The highest BCUT2D eigenvalue weighted by Crippen LogP contribution is 2.32. The Morgan fingerprint density at radius 1 is 1.12 bits per heavy atom. The number of hydrogen-bond donors (Lipinski definition) is 2. The third-order valence-corrected chi connectivity index (χ3v) is 4.26. The lowest BCUT2D eigenvalue weighted by molar-refractivity contribution is -0.150.